The number of nitrogens with one attached hydrogen (secondary N) is 2. The van der Waals surface area contributed by atoms with Gasteiger partial charge in [0.05, 0.1) is 12.1 Å². The summed E-state index contributed by atoms with van der Waals surface area (Å²) in [5, 5.41) is 13.5. The van der Waals surface area contributed by atoms with E-state index in [1.54, 1.807) is 6.92 Å². The van der Waals surface area contributed by atoms with Crippen LogP contribution in [0.25, 0.3) is 0 Å². The number of carbonyl (C=O) groups is 1. The van der Waals surface area contributed by atoms with Crippen molar-refractivity contribution >= 4 is 5.91 Å². The van der Waals surface area contributed by atoms with E-state index in [1.165, 1.54) is 30.3 Å². The first-order chi connectivity index (χ1) is 13.5. The van der Waals surface area contributed by atoms with Crippen molar-refractivity contribution in [1.82, 2.24) is 10.6 Å². The SMILES string of the molecule is CCCCC(F)(F)C[C@H](N[C@@H](c1ccccc1)C(F)(F)F)C(=O)NC1(C#N)CC1. The second-order valence-corrected chi connectivity index (χ2v) is 7.45. The highest BCUT2D eigenvalue weighted by atomic mass is 19.4. The number of hydrogen-bond acceptors (Lipinski definition) is 3. The molecule has 1 aromatic rings. The molecular weight excluding hydrogens is 393 g/mol. The molecule has 0 bridgehead atoms. The Balaban J connectivity index is 2.27. The molecule has 4 nitrogen and oxygen atoms in total. The molecule has 0 aromatic heterocycles. The molecule has 0 saturated heterocycles. The predicted octanol–water partition coefficient (Wildman–Crippen LogP) is 4.64. The topological polar surface area (TPSA) is 64.9 Å². The lowest BCUT2D eigenvalue weighted by Crippen LogP contribution is -2.53. The minimum atomic E-state index is -4.80. The van der Waals surface area contributed by atoms with Crippen molar-refractivity contribution in [2.75, 3.05) is 0 Å². The van der Waals surface area contributed by atoms with E-state index < -0.39 is 48.5 Å². The zero-order chi connectivity index (χ0) is 21.7. The van der Waals surface area contributed by atoms with Crippen molar-refractivity contribution in [3.63, 3.8) is 0 Å². The van der Waals surface area contributed by atoms with Crippen LogP contribution in [0.4, 0.5) is 22.0 Å². The van der Waals surface area contributed by atoms with Crippen molar-refractivity contribution < 1.29 is 26.7 Å². The Labute approximate surface area is 166 Å². The number of nitrogens with zero attached hydrogens (tertiary/aromatic N) is 1. The summed E-state index contributed by atoms with van der Waals surface area (Å²) in [5.74, 6) is -4.34. The standard InChI is InChI=1S/C20H24F5N3O/c1-2-3-9-19(21,22)12-15(17(29)28-18(13-26)10-11-18)27-16(20(23,24)25)14-7-5-4-6-8-14/h4-8,15-16,27H,2-3,9-12H2,1H3,(H,28,29)/t15-,16-/m0/s1. The minimum Gasteiger partial charge on any atom is -0.336 e. The van der Waals surface area contributed by atoms with Gasteiger partial charge in [-0.15, -0.1) is 0 Å². The first-order valence-corrected chi connectivity index (χ1v) is 9.51. The fourth-order valence-electron chi connectivity index (χ4n) is 3.00. The van der Waals surface area contributed by atoms with E-state index in [1.807, 2.05) is 6.07 Å². The maximum absolute atomic E-state index is 14.3. The molecule has 0 spiro atoms. The van der Waals surface area contributed by atoms with Crippen LogP contribution >= 0.6 is 0 Å². The largest absolute Gasteiger partial charge is 0.407 e. The molecule has 2 N–H and O–H groups in total. The van der Waals surface area contributed by atoms with E-state index in [0.717, 1.165) is 0 Å². The quantitative estimate of drug-likeness (QED) is 0.546. The second-order valence-electron chi connectivity index (χ2n) is 7.45. The van der Waals surface area contributed by atoms with Gasteiger partial charge in [-0.1, -0.05) is 43.7 Å². The van der Waals surface area contributed by atoms with Crippen LogP contribution < -0.4 is 10.6 Å². The molecule has 0 radical (unpaired) electrons. The molecule has 1 aliphatic carbocycles. The summed E-state index contributed by atoms with van der Waals surface area (Å²) in [6.45, 7) is 1.72. The normalized spacial score (nSPS) is 17.8. The van der Waals surface area contributed by atoms with Gasteiger partial charge >= 0.3 is 6.18 Å². The van der Waals surface area contributed by atoms with E-state index in [-0.39, 0.29) is 12.0 Å². The van der Waals surface area contributed by atoms with Gasteiger partial charge in [-0.2, -0.15) is 18.4 Å². The molecule has 1 fully saturated rings. The van der Waals surface area contributed by atoms with Crippen molar-refractivity contribution in [3.05, 3.63) is 35.9 Å². The minimum absolute atomic E-state index is 0.184. The summed E-state index contributed by atoms with van der Waals surface area (Å²) < 4.78 is 69.6. The summed E-state index contributed by atoms with van der Waals surface area (Å²) in [7, 11) is 0. The Morgan fingerprint density at radius 3 is 2.31 bits per heavy atom. The molecule has 0 heterocycles. The smallest absolute Gasteiger partial charge is 0.336 e. The number of carbonyl (C=O) groups excluding carboxylic acids is 1. The third kappa shape index (κ3) is 6.67. The molecular formula is C20H24F5N3O. The average molecular weight is 417 g/mol. The average Bonchev–Trinajstić information content (AvgIpc) is 3.43. The molecule has 1 aromatic carbocycles. The van der Waals surface area contributed by atoms with Crippen LogP contribution in [0.15, 0.2) is 30.3 Å². The molecule has 160 valence electrons. The summed E-state index contributed by atoms with van der Waals surface area (Å²) in [4.78, 5) is 12.6. The van der Waals surface area contributed by atoms with Gasteiger partial charge in [-0.3, -0.25) is 10.1 Å². The van der Waals surface area contributed by atoms with Crippen molar-refractivity contribution in [1.29, 1.82) is 5.26 Å². The number of benzene rings is 1. The van der Waals surface area contributed by atoms with Gasteiger partial charge in [0.1, 0.15) is 11.6 Å². The second kappa shape index (κ2) is 9.08. The number of alkyl halides is 5. The van der Waals surface area contributed by atoms with E-state index in [0.29, 0.717) is 19.3 Å². The highest BCUT2D eigenvalue weighted by Crippen LogP contribution is 2.37. The van der Waals surface area contributed by atoms with Gasteiger partial charge in [0, 0.05) is 12.8 Å². The Bertz CT molecular complexity index is 726. The monoisotopic (exact) mass is 417 g/mol. The van der Waals surface area contributed by atoms with Crippen LogP contribution in [0.1, 0.15) is 57.1 Å². The lowest BCUT2D eigenvalue weighted by atomic mass is 9.99. The van der Waals surface area contributed by atoms with E-state index in [2.05, 4.69) is 10.6 Å². The van der Waals surface area contributed by atoms with Crippen LogP contribution in [-0.4, -0.2) is 29.6 Å². The van der Waals surface area contributed by atoms with E-state index >= 15 is 0 Å². The van der Waals surface area contributed by atoms with Gasteiger partial charge in [0.25, 0.3) is 0 Å². The number of unbranched alkanes of at least 4 members (excludes halogenated alkanes) is 1. The van der Waals surface area contributed by atoms with Crippen LogP contribution in [-0.2, 0) is 4.79 Å². The van der Waals surface area contributed by atoms with Gasteiger partial charge in [0.15, 0.2) is 0 Å². The maximum Gasteiger partial charge on any atom is 0.407 e. The molecule has 1 amide bonds. The highest BCUT2D eigenvalue weighted by Gasteiger charge is 2.49. The van der Waals surface area contributed by atoms with Gasteiger partial charge < -0.3 is 5.32 Å². The third-order valence-corrected chi connectivity index (χ3v) is 4.87. The molecule has 1 aliphatic rings. The van der Waals surface area contributed by atoms with Crippen LogP contribution in [0, 0.1) is 11.3 Å². The van der Waals surface area contributed by atoms with Crippen LogP contribution in [0.2, 0.25) is 0 Å². The Hall–Kier alpha value is -2.21. The molecule has 2 atom stereocenters. The third-order valence-electron chi connectivity index (χ3n) is 4.87. The lowest BCUT2D eigenvalue weighted by molar-refractivity contribution is -0.163. The number of halogens is 5. The van der Waals surface area contributed by atoms with Crippen molar-refractivity contribution in [2.24, 2.45) is 0 Å². The van der Waals surface area contributed by atoms with E-state index in [9.17, 15) is 26.7 Å². The molecule has 9 heteroatoms. The Morgan fingerprint density at radius 1 is 1.21 bits per heavy atom. The van der Waals surface area contributed by atoms with Crippen LogP contribution in [0.3, 0.4) is 0 Å². The summed E-state index contributed by atoms with van der Waals surface area (Å²) >= 11 is 0. The summed E-state index contributed by atoms with van der Waals surface area (Å²) in [6, 6.07) is 4.54. The fraction of sp³-hybridized carbons (Fsp3) is 0.600. The first kappa shape index (κ1) is 23.1. The van der Waals surface area contributed by atoms with Crippen molar-refractivity contribution in [3.8, 4) is 6.07 Å². The van der Waals surface area contributed by atoms with Crippen LogP contribution in [0.5, 0.6) is 0 Å². The lowest BCUT2D eigenvalue weighted by Gasteiger charge is -2.30. The molecule has 2 rings (SSSR count). The maximum atomic E-state index is 14.3. The molecule has 1 saturated carbocycles. The molecule has 0 unspecified atom stereocenters. The predicted molar refractivity (Wildman–Crippen MR) is 97.0 cm³/mol. The number of nitriles is 1. The summed E-state index contributed by atoms with van der Waals surface area (Å²) in [6.07, 6.45) is -5.05. The molecule has 29 heavy (non-hydrogen) atoms. The fourth-order valence-corrected chi connectivity index (χ4v) is 3.00. The van der Waals surface area contributed by atoms with E-state index in [4.69, 9.17) is 5.26 Å². The number of amides is 1. The van der Waals surface area contributed by atoms with Crippen molar-refractivity contribution in [2.45, 2.75) is 75.2 Å². The van der Waals surface area contributed by atoms with Gasteiger partial charge in [0.2, 0.25) is 11.8 Å². The Kier molecular flexibility index (Phi) is 7.22. The van der Waals surface area contributed by atoms with Gasteiger partial charge in [-0.25, -0.2) is 8.78 Å². The summed E-state index contributed by atoms with van der Waals surface area (Å²) in [5.41, 5.74) is -1.35. The first-order valence-electron chi connectivity index (χ1n) is 9.51. The molecule has 0 aliphatic heterocycles. The van der Waals surface area contributed by atoms with Gasteiger partial charge in [-0.05, 0) is 24.8 Å². The Morgan fingerprint density at radius 2 is 1.83 bits per heavy atom. The zero-order valence-corrected chi connectivity index (χ0v) is 16.0. The highest BCUT2D eigenvalue weighted by molar-refractivity contribution is 5.83. The number of rotatable bonds is 10. The number of hydrogen-bond donors (Lipinski definition) is 2. The zero-order valence-electron chi connectivity index (χ0n) is 16.0.